The van der Waals surface area contributed by atoms with Gasteiger partial charge in [-0.05, 0) is 281 Å². The molecule has 150 heavy (non-hydrogen) atoms. The first kappa shape index (κ1) is 104. The Labute approximate surface area is 870 Å². The van der Waals surface area contributed by atoms with Crippen molar-refractivity contribution >= 4 is 23.3 Å². The molecule has 19 aromatic rings. The molecule has 35 nitrogen and oxygen atoms in total. The van der Waals surface area contributed by atoms with E-state index in [2.05, 4.69) is 210 Å². The fraction of sp³-hybridized carbons (Fsp3) is 0.270. The van der Waals surface area contributed by atoms with Gasteiger partial charge in [-0.15, -0.1) is 45.9 Å². The molecule has 35 heteroatoms. The molecule has 0 spiro atoms. The zero-order chi connectivity index (χ0) is 105. The normalized spacial score (nSPS) is 13.3. The molecule has 4 aromatic carbocycles. The molecule has 0 radical (unpaired) electrons. The Hall–Kier alpha value is -17.0. The Kier molecular flexibility index (Phi) is 33.8. The van der Waals surface area contributed by atoms with Gasteiger partial charge in [-0.3, -0.25) is 0 Å². The SMILES string of the molecule is Cc1ccc(CCCNc2nnc(-c3ccc(-n4cnc(C)c4)c(CO)n3)cc2C)cc1.Cc1ccc([C@H](CO)Nc2nnc(-c3ccc(-n4cnc(C)c4)c(CO)n3)cc2C)cc1.Cc1cn(-c2ccc(-c3cc(C)c(CC4C[C@H]4c4ccccc4)nn3)nc2CO)cn1.Cc1cn(-c2ccc(-c3cc(C)c(NC4CC4)nn3)nc2CO)cn1.Cc1cn(-c2ccc(-c3cc(C)c(N[C@H](C)c4ccccc4)nn3)nc2CO)cn1. The number of rotatable bonds is 32. The van der Waals surface area contributed by atoms with Gasteiger partial charge in [0.15, 0.2) is 23.3 Å². The second kappa shape index (κ2) is 48.6. The average Bonchev–Trinajstić information content (AvgIpc) is 1.63. The van der Waals surface area contributed by atoms with E-state index in [-0.39, 0.29) is 51.7 Å². The van der Waals surface area contributed by atoms with E-state index in [1.54, 1.807) is 31.6 Å². The van der Waals surface area contributed by atoms with Crippen LogP contribution in [0.1, 0.15) is 174 Å². The van der Waals surface area contributed by atoms with Gasteiger partial charge >= 0.3 is 0 Å². The van der Waals surface area contributed by atoms with E-state index in [0.717, 1.165) is 150 Å². The molecule has 0 bridgehead atoms. The van der Waals surface area contributed by atoms with Crippen molar-refractivity contribution < 1.29 is 30.6 Å². The third-order valence-corrected chi connectivity index (χ3v) is 26.0. The summed E-state index contributed by atoms with van der Waals surface area (Å²) in [7, 11) is 0. The van der Waals surface area contributed by atoms with E-state index in [1.165, 1.54) is 41.5 Å². The number of aliphatic hydroxyl groups is 6. The van der Waals surface area contributed by atoms with Crippen molar-refractivity contribution in [1.82, 2.24) is 124 Å². The van der Waals surface area contributed by atoms with Crippen LogP contribution in [0.15, 0.2) is 263 Å². The van der Waals surface area contributed by atoms with E-state index in [0.29, 0.717) is 103 Å². The second-order valence-electron chi connectivity index (χ2n) is 37.8. The smallest absolute Gasteiger partial charge is 0.152 e. The highest BCUT2D eigenvalue weighted by atomic mass is 16.3. The summed E-state index contributed by atoms with van der Waals surface area (Å²) in [4.78, 5) is 44.2. The number of pyridine rings is 5. The summed E-state index contributed by atoms with van der Waals surface area (Å²) in [6.45, 7) is 25.7. The largest absolute Gasteiger partial charge is 0.394 e. The van der Waals surface area contributed by atoms with Crippen molar-refractivity contribution in [1.29, 1.82) is 0 Å². The molecule has 1 unspecified atom stereocenters. The molecular formula is C115H123N29O6. The first-order chi connectivity index (χ1) is 72.8. The molecule has 2 fully saturated rings. The van der Waals surface area contributed by atoms with Crippen LogP contribution >= 0.6 is 0 Å². The van der Waals surface area contributed by atoms with Crippen LogP contribution in [0.2, 0.25) is 0 Å². The maximum Gasteiger partial charge on any atom is 0.152 e. The van der Waals surface area contributed by atoms with Gasteiger partial charge in [0.2, 0.25) is 0 Å². The lowest BCUT2D eigenvalue weighted by molar-refractivity contribution is 0.276. The highest BCUT2D eigenvalue weighted by Crippen LogP contribution is 2.49. The third-order valence-electron chi connectivity index (χ3n) is 26.0. The van der Waals surface area contributed by atoms with E-state index < -0.39 is 0 Å². The first-order valence-electron chi connectivity index (χ1n) is 50.0. The summed E-state index contributed by atoms with van der Waals surface area (Å²) in [6.07, 6.45) is 24.6. The molecule has 2 aliphatic carbocycles. The Morgan fingerprint density at radius 2 is 0.667 bits per heavy atom. The number of aryl methyl sites for hydroxylation is 13. The van der Waals surface area contributed by atoms with Crippen LogP contribution < -0.4 is 21.3 Å². The Bertz CT molecular complexity index is 7820. The lowest BCUT2D eigenvalue weighted by Gasteiger charge is -2.19. The Morgan fingerprint density at radius 1 is 0.327 bits per heavy atom. The van der Waals surface area contributed by atoms with Crippen LogP contribution in [0, 0.1) is 89.0 Å². The zero-order valence-electron chi connectivity index (χ0n) is 86.3. The van der Waals surface area contributed by atoms with Crippen molar-refractivity contribution in [2.75, 3.05) is 34.4 Å². The third kappa shape index (κ3) is 26.3. The van der Waals surface area contributed by atoms with Gasteiger partial charge in [-0.1, -0.05) is 120 Å². The fourth-order valence-electron chi connectivity index (χ4n) is 17.3. The molecule has 15 aromatic heterocycles. The molecule has 0 amide bonds. The van der Waals surface area contributed by atoms with Gasteiger partial charge in [-0.2, -0.15) is 5.10 Å². The molecule has 2 saturated carbocycles. The van der Waals surface area contributed by atoms with Crippen molar-refractivity contribution in [3.63, 3.8) is 0 Å². The number of nitrogens with one attached hydrogen (secondary N) is 4. The predicted octanol–water partition coefficient (Wildman–Crippen LogP) is 18.1. The lowest BCUT2D eigenvalue weighted by atomic mass is 10.0. The molecule has 0 aliphatic heterocycles. The minimum Gasteiger partial charge on any atom is -0.394 e. The number of hydrogen-bond acceptors (Lipinski definition) is 30. The van der Waals surface area contributed by atoms with Crippen molar-refractivity contribution in [2.24, 2.45) is 5.92 Å². The van der Waals surface area contributed by atoms with Gasteiger partial charge in [0.1, 0.15) is 28.5 Å². The summed E-state index contributed by atoms with van der Waals surface area (Å²) < 4.78 is 9.28. The molecule has 764 valence electrons. The van der Waals surface area contributed by atoms with Gasteiger partial charge in [0, 0.05) is 43.6 Å². The fourth-order valence-corrected chi connectivity index (χ4v) is 17.3. The predicted molar refractivity (Wildman–Crippen MR) is 578 cm³/mol. The molecular weight excluding hydrogens is 1880 g/mol. The summed E-state index contributed by atoms with van der Waals surface area (Å²) in [5.74, 6) is 4.22. The highest BCUT2D eigenvalue weighted by Gasteiger charge is 2.39. The van der Waals surface area contributed by atoms with Crippen LogP contribution in [0.4, 0.5) is 23.3 Å². The number of aromatic nitrogens is 25. The summed E-state index contributed by atoms with van der Waals surface area (Å²) in [5.41, 5.74) is 31.5. The summed E-state index contributed by atoms with van der Waals surface area (Å²) in [5, 5.41) is 116. The summed E-state index contributed by atoms with van der Waals surface area (Å²) in [6, 6.07) is 66.8. The Balaban J connectivity index is 0.000000128. The maximum atomic E-state index is 9.86. The quantitative estimate of drug-likeness (QED) is 0.0175. The molecule has 21 rings (SSSR count). The molecule has 15 heterocycles. The second-order valence-corrected chi connectivity index (χ2v) is 37.8. The van der Waals surface area contributed by atoms with Crippen molar-refractivity contribution in [3.8, 4) is 85.4 Å². The van der Waals surface area contributed by atoms with Crippen molar-refractivity contribution in [3.05, 3.63) is 387 Å². The zero-order valence-corrected chi connectivity index (χ0v) is 86.3. The standard InChI is InChI=1S/C25H28N6O.C25H25N5O.C24H26N6O2.C23H24N6O.C18H20N6O/c1-17-6-8-20(9-7-17)5-4-12-26-25-18(2)13-22(29-30-25)21-10-11-24(23(15-32)28-21)31-14-19(3)27-16-31;1-16-10-23(21-8-9-25(24(14-31)27-21)30-13-17(2)26-15-30)29-28-22(16)12-19-11-20(19)18-6-4-3-5-7-18;1-15-4-6-18(7-5-15)21(12-31)27-24-16(2)10-20(28-29-24)19-8-9-23(22(13-32)26-19)30-11-17(3)25-14-30;1-15-11-20(27-28-23(15)25-17(3)18-7-5-4-6-8-18)19-9-10-22(21(13-30)26-19)29-12-16(2)24-14-29;1-11-7-15(22-23-18(11)20-13-3-4-13)14-5-6-17(16(9-25)21-14)24-8-12(2)19-10-24/h6-11,13-14,16,32H,4-5,12,15H2,1-3H3,(H,26,30);3-10,13,15,19-20,31H,11-12,14H2,1-2H3;4-11,14,21,31-32H,12-13H2,1-3H3,(H,27,29);4-12,14,17,30H,13H2,1-3H3,(H,25,28);5-8,10,13,25H,3-4,9H2,1-2H3,(H,20,23)/t;19?,20-;21-;17-;/m.001./s1. The van der Waals surface area contributed by atoms with Crippen LogP contribution in [0.5, 0.6) is 0 Å². The number of anilines is 4. The van der Waals surface area contributed by atoms with Crippen molar-refractivity contribution in [2.45, 2.75) is 186 Å². The molecule has 10 N–H and O–H groups in total. The van der Waals surface area contributed by atoms with Gasteiger partial charge in [-0.25, -0.2) is 49.8 Å². The number of aliphatic hydroxyl groups excluding tert-OH is 6. The van der Waals surface area contributed by atoms with Gasteiger partial charge in [0.25, 0.3) is 0 Å². The lowest BCUT2D eigenvalue weighted by Crippen LogP contribution is -2.17. The topological polar surface area (TPSA) is 452 Å². The first-order valence-corrected chi connectivity index (χ1v) is 50.0. The van der Waals surface area contributed by atoms with E-state index in [9.17, 15) is 30.6 Å². The molecule has 2 aliphatic rings. The average molecular weight is 2010 g/mol. The number of hydrogen-bond donors (Lipinski definition) is 10. The van der Waals surface area contributed by atoms with E-state index in [4.69, 9.17) is 0 Å². The maximum absolute atomic E-state index is 9.86. The molecule has 4 atom stereocenters. The molecule has 0 saturated heterocycles. The highest BCUT2D eigenvalue weighted by molar-refractivity contribution is 5.66. The number of nitrogens with zero attached hydrogens (tertiary/aromatic N) is 25. The summed E-state index contributed by atoms with van der Waals surface area (Å²) >= 11 is 0. The monoisotopic (exact) mass is 2010 g/mol. The number of benzene rings is 4. The van der Waals surface area contributed by atoms with Crippen LogP contribution in [-0.2, 0) is 45.9 Å². The minimum absolute atomic E-state index is 0.0669. The van der Waals surface area contributed by atoms with Crippen LogP contribution in [0.25, 0.3) is 85.4 Å². The van der Waals surface area contributed by atoms with E-state index in [1.807, 2.05) is 257 Å². The van der Waals surface area contributed by atoms with Gasteiger partial charge in [0.05, 0.1) is 203 Å². The number of imidazole rings is 5. The van der Waals surface area contributed by atoms with Gasteiger partial charge < -0.3 is 74.7 Å². The minimum atomic E-state index is -0.286. The Morgan fingerprint density at radius 3 is 1.01 bits per heavy atom. The van der Waals surface area contributed by atoms with E-state index >= 15 is 0 Å². The van der Waals surface area contributed by atoms with Crippen LogP contribution in [-0.4, -0.2) is 173 Å². The van der Waals surface area contributed by atoms with Crippen LogP contribution in [0.3, 0.4) is 0 Å².